The Morgan fingerprint density at radius 3 is 2.36 bits per heavy atom. The lowest BCUT2D eigenvalue weighted by molar-refractivity contribution is 0.306. The fraction of sp³-hybridized carbons (Fsp3) is 0.100. The van der Waals surface area contributed by atoms with Crippen molar-refractivity contribution in [3.8, 4) is 22.6 Å². The van der Waals surface area contributed by atoms with Crippen molar-refractivity contribution in [2.45, 2.75) is 6.61 Å². The summed E-state index contributed by atoms with van der Waals surface area (Å²) in [5.41, 5.74) is 3.17. The Balaban J connectivity index is 1.73. The molecule has 3 rings (SSSR count). The molecule has 0 fully saturated rings. The lowest BCUT2D eigenvalue weighted by atomic mass is 10.0. The Morgan fingerprint density at radius 1 is 0.864 bits per heavy atom. The van der Waals surface area contributed by atoms with Crippen LogP contribution in [0.15, 0.2) is 72.8 Å². The maximum atomic E-state index is 5.80. The van der Waals surface area contributed by atoms with Gasteiger partial charge >= 0.3 is 0 Å². The van der Waals surface area contributed by atoms with E-state index in [1.54, 1.807) is 7.11 Å². The van der Waals surface area contributed by atoms with Gasteiger partial charge in [-0.1, -0.05) is 54.6 Å². The van der Waals surface area contributed by atoms with Crippen LogP contribution in [0.2, 0.25) is 0 Å². The van der Waals surface area contributed by atoms with Gasteiger partial charge in [-0.05, 0) is 35.4 Å². The van der Waals surface area contributed by atoms with Gasteiger partial charge < -0.3 is 9.47 Å². The normalized spacial score (nSPS) is 10.2. The van der Waals surface area contributed by atoms with Crippen LogP contribution in [0.5, 0.6) is 11.5 Å². The number of rotatable bonds is 5. The summed E-state index contributed by atoms with van der Waals surface area (Å²) in [6.45, 7) is 0.570. The number of hydrogen-bond donors (Lipinski definition) is 0. The van der Waals surface area contributed by atoms with Gasteiger partial charge in [0.2, 0.25) is 0 Å². The van der Waals surface area contributed by atoms with E-state index in [0.29, 0.717) is 6.61 Å². The molecule has 2 nitrogen and oxygen atoms in total. The lowest BCUT2D eigenvalue weighted by Crippen LogP contribution is -1.94. The van der Waals surface area contributed by atoms with E-state index in [2.05, 4.69) is 18.2 Å². The van der Waals surface area contributed by atoms with Crippen molar-refractivity contribution in [3.05, 3.63) is 84.4 Å². The topological polar surface area (TPSA) is 18.5 Å². The molecule has 109 valence electrons. The Morgan fingerprint density at radius 2 is 1.64 bits per heavy atom. The van der Waals surface area contributed by atoms with Crippen LogP contribution in [0.4, 0.5) is 0 Å². The molecule has 0 saturated heterocycles. The van der Waals surface area contributed by atoms with Gasteiger partial charge in [0, 0.05) is 5.56 Å². The monoisotopic (exact) mass is 289 g/mol. The lowest BCUT2D eigenvalue weighted by Gasteiger charge is -2.10. The van der Waals surface area contributed by atoms with Crippen molar-refractivity contribution in [2.75, 3.05) is 7.11 Å². The molecule has 22 heavy (non-hydrogen) atoms. The van der Waals surface area contributed by atoms with Gasteiger partial charge in [-0.2, -0.15) is 0 Å². The Labute approximate surface area is 131 Å². The molecule has 0 aliphatic rings. The Kier molecular flexibility index (Phi) is 4.40. The van der Waals surface area contributed by atoms with Gasteiger partial charge in [0.1, 0.15) is 18.1 Å². The van der Waals surface area contributed by atoms with E-state index in [4.69, 9.17) is 9.47 Å². The van der Waals surface area contributed by atoms with E-state index in [9.17, 15) is 0 Å². The second-order valence-electron chi connectivity index (χ2n) is 4.91. The van der Waals surface area contributed by atoms with Crippen molar-refractivity contribution in [1.82, 2.24) is 0 Å². The van der Waals surface area contributed by atoms with Gasteiger partial charge in [-0.3, -0.25) is 0 Å². The summed E-state index contributed by atoms with van der Waals surface area (Å²) in [7, 11) is 1.67. The Hall–Kier alpha value is -2.74. The quantitative estimate of drug-likeness (QED) is 0.675. The minimum Gasteiger partial charge on any atom is -0.496 e. The summed E-state index contributed by atoms with van der Waals surface area (Å²) in [5.74, 6) is 1.67. The molecule has 0 spiro atoms. The highest BCUT2D eigenvalue weighted by Gasteiger charge is 2.05. The van der Waals surface area contributed by atoms with Crippen LogP contribution in [0.25, 0.3) is 11.1 Å². The first-order chi connectivity index (χ1) is 10.9. The van der Waals surface area contributed by atoms with Crippen molar-refractivity contribution in [3.63, 3.8) is 0 Å². The number of benzene rings is 3. The molecule has 0 amide bonds. The van der Waals surface area contributed by atoms with Gasteiger partial charge in [0.05, 0.1) is 7.11 Å². The molecule has 3 aromatic rings. The minimum absolute atomic E-state index is 0.570. The summed E-state index contributed by atoms with van der Waals surface area (Å²) >= 11 is 0. The molecule has 0 aliphatic heterocycles. The molecule has 2 heteroatoms. The maximum Gasteiger partial charge on any atom is 0.127 e. The summed E-state index contributed by atoms with van der Waals surface area (Å²) in [4.78, 5) is 0. The molecule has 0 aromatic heterocycles. The number of ether oxygens (including phenoxy) is 2. The third kappa shape index (κ3) is 3.29. The van der Waals surface area contributed by atoms with Gasteiger partial charge in [-0.15, -0.1) is 0 Å². The highest BCUT2D eigenvalue weighted by molar-refractivity contribution is 5.70. The first kappa shape index (κ1) is 14.2. The smallest absolute Gasteiger partial charge is 0.127 e. The van der Waals surface area contributed by atoms with Crippen LogP contribution in [0, 0.1) is 6.07 Å². The second kappa shape index (κ2) is 6.81. The third-order valence-electron chi connectivity index (χ3n) is 3.43. The predicted octanol–water partition coefficient (Wildman–Crippen LogP) is 4.74. The first-order valence-corrected chi connectivity index (χ1v) is 7.18. The summed E-state index contributed by atoms with van der Waals surface area (Å²) in [5, 5.41) is 0. The highest BCUT2D eigenvalue weighted by Crippen LogP contribution is 2.30. The zero-order valence-electron chi connectivity index (χ0n) is 12.5. The molecule has 1 radical (unpaired) electrons. The van der Waals surface area contributed by atoms with Crippen LogP contribution in [-0.2, 0) is 6.61 Å². The van der Waals surface area contributed by atoms with Crippen LogP contribution in [0.1, 0.15) is 5.56 Å². The number of hydrogen-bond acceptors (Lipinski definition) is 2. The van der Waals surface area contributed by atoms with Crippen LogP contribution in [-0.4, -0.2) is 7.11 Å². The number of methoxy groups -OCH3 is 1. The second-order valence-corrected chi connectivity index (χ2v) is 4.91. The van der Waals surface area contributed by atoms with Crippen LogP contribution >= 0.6 is 0 Å². The van der Waals surface area contributed by atoms with Crippen molar-refractivity contribution in [2.24, 2.45) is 0 Å². The molecule has 0 atom stereocenters. The van der Waals surface area contributed by atoms with Crippen molar-refractivity contribution < 1.29 is 9.47 Å². The first-order valence-electron chi connectivity index (χ1n) is 7.18. The fourth-order valence-corrected chi connectivity index (χ4v) is 2.28. The van der Waals surface area contributed by atoms with Crippen LogP contribution < -0.4 is 9.47 Å². The van der Waals surface area contributed by atoms with E-state index < -0.39 is 0 Å². The average molecular weight is 289 g/mol. The standard InChI is InChI=1S/C20H17O2/c1-21-20-10-6-5-9-19(20)17-11-13-18(14-12-17)22-15-16-7-3-2-4-8-16/h2-8,10-14H,15H2,1H3. The molecule has 0 aliphatic carbocycles. The fourth-order valence-electron chi connectivity index (χ4n) is 2.28. The summed E-state index contributed by atoms with van der Waals surface area (Å²) in [6, 6.07) is 27.1. The largest absolute Gasteiger partial charge is 0.496 e. The van der Waals surface area contributed by atoms with Crippen molar-refractivity contribution >= 4 is 0 Å². The van der Waals surface area contributed by atoms with E-state index in [1.807, 2.05) is 60.7 Å². The van der Waals surface area contributed by atoms with E-state index in [1.165, 1.54) is 0 Å². The van der Waals surface area contributed by atoms with Gasteiger partial charge in [0.25, 0.3) is 0 Å². The van der Waals surface area contributed by atoms with Gasteiger partial charge in [0.15, 0.2) is 0 Å². The molecule has 0 unspecified atom stereocenters. The predicted molar refractivity (Wildman–Crippen MR) is 88.0 cm³/mol. The average Bonchev–Trinajstić information content (AvgIpc) is 2.61. The zero-order chi connectivity index (χ0) is 15.2. The van der Waals surface area contributed by atoms with E-state index in [-0.39, 0.29) is 0 Å². The van der Waals surface area contributed by atoms with Gasteiger partial charge in [-0.25, -0.2) is 0 Å². The molecule has 0 heterocycles. The molecular formula is C20H17O2. The van der Waals surface area contributed by atoms with E-state index >= 15 is 0 Å². The van der Waals surface area contributed by atoms with Crippen LogP contribution in [0.3, 0.4) is 0 Å². The summed E-state index contributed by atoms with van der Waals surface area (Å²) in [6.07, 6.45) is 0. The minimum atomic E-state index is 0.570. The summed E-state index contributed by atoms with van der Waals surface area (Å²) < 4.78 is 11.2. The van der Waals surface area contributed by atoms with Crippen molar-refractivity contribution in [1.29, 1.82) is 0 Å². The molecule has 0 bridgehead atoms. The van der Waals surface area contributed by atoms with E-state index in [0.717, 1.165) is 28.2 Å². The SMILES string of the molecule is COc1ccc[c]c1-c1ccc(OCc2ccccc2)cc1. The third-order valence-corrected chi connectivity index (χ3v) is 3.43. The maximum absolute atomic E-state index is 5.80. The molecule has 3 aromatic carbocycles. The molecule has 0 saturated carbocycles. The highest BCUT2D eigenvalue weighted by atomic mass is 16.5. The zero-order valence-corrected chi connectivity index (χ0v) is 12.5. The Bertz CT molecular complexity index is 718. The molecule has 0 N–H and O–H groups in total. The molecular weight excluding hydrogens is 272 g/mol.